The van der Waals surface area contributed by atoms with Gasteiger partial charge in [-0.15, -0.1) is 0 Å². The highest BCUT2D eigenvalue weighted by Crippen LogP contribution is 2.15. The number of benzene rings is 1. The first-order chi connectivity index (χ1) is 9.12. The molecule has 0 aliphatic heterocycles. The Morgan fingerprint density at radius 3 is 2.45 bits per heavy atom. The van der Waals surface area contributed by atoms with E-state index in [9.17, 15) is 18.0 Å². The lowest BCUT2D eigenvalue weighted by Crippen LogP contribution is -2.36. The van der Waals surface area contributed by atoms with Crippen LogP contribution in [-0.4, -0.2) is 49.4 Å². The predicted octanol–water partition coefficient (Wildman–Crippen LogP) is -0.426. The first-order valence-electron chi connectivity index (χ1n) is 5.62. The second-order valence-corrected chi connectivity index (χ2v) is 6.33. The van der Waals surface area contributed by atoms with E-state index < -0.39 is 34.4 Å². The number of hydrogen-bond donors (Lipinski definition) is 3. The number of aryl methyl sites for hydroxylation is 1. The Morgan fingerprint density at radius 2 is 1.95 bits per heavy atom. The molecule has 0 spiro atoms. The highest BCUT2D eigenvalue weighted by atomic mass is 32.2. The van der Waals surface area contributed by atoms with Crippen molar-refractivity contribution in [2.75, 3.05) is 12.8 Å². The lowest BCUT2D eigenvalue weighted by molar-refractivity contribution is -0.146. The number of hydrogen-bond acceptors (Lipinski definition) is 5. The van der Waals surface area contributed by atoms with Gasteiger partial charge in [0.25, 0.3) is 5.91 Å². The fraction of sp³-hybridized carbons (Fsp3) is 0.333. The van der Waals surface area contributed by atoms with Crippen molar-refractivity contribution in [2.45, 2.75) is 17.9 Å². The minimum atomic E-state index is -3.44. The minimum Gasteiger partial charge on any atom is -0.479 e. The van der Waals surface area contributed by atoms with Crippen molar-refractivity contribution in [3.8, 4) is 0 Å². The van der Waals surface area contributed by atoms with Crippen LogP contribution in [0.4, 0.5) is 0 Å². The van der Waals surface area contributed by atoms with Crippen molar-refractivity contribution in [1.29, 1.82) is 0 Å². The molecule has 8 heteroatoms. The lowest BCUT2D eigenvalue weighted by atomic mass is 10.1. The second-order valence-electron chi connectivity index (χ2n) is 4.31. The van der Waals surface area contributed by atoms with Gasteiger partial charge in [0, 0.05) is 11.8 Å². The summed E-state index contributed by atoms with van der Waals surface area (Å²) in [6.07, 6.45) is -0.689. The summed E-state index contributed by atoms with van der Waals surface area (Å²) in [4.78, 5) is 22.3. The quantitative estimate of drug-likeness (QED) is 0.679. The molecular formula is C12H15NO6S. The van der Waals surface area contributed by atoms with Crippen molar-refractivity contribution in [2.24, 2.45) is 0 Å². The molecule has 0 fully saturated rings. The van der Waals surface area contributed by atoms with Gasteiger partial charge in [-0.25, -0.2) is 13.2 Å². The van der Waals surface area contributed by atoms with Gasteiger partial charge in [-0.05, 0) is 24.6 Å². The predicted molar refractivity (Wildman–Crippen MR) is 70.3 cm³/mol. The Morgan fingerprint density at radius 1 is 1.35 bits per heavy atom. The average molecular weight is 301 g/mol. The number of carboxylic acids is 1. The van der Waals surface area contributed by atoms with E-state index >= 15 is 0 Å². The SMILES string of the molecule is Cc1ccc(S(C)(=O)=O)cc1C(=O)NCC(O)C(=O)O. The molecule has 0 heterocycles. The third-order valence-electron chi connectivity index (χ3n) is 2.62. The molecule has 1 aromatic carbocycles. The summed E-state index contributed by atoms with van der Waals surface area (Å²) in [6.45, 7) is 1.16. The number of aliphatic hydroxyl groups is 1. The van der Waals surface area contributed by atoms with Gasteiger partial charge in [0.2, 0.25) is 0 Å². The van der Waals surface area contributed by atoms with Crippen molar-refractivity contribution in [1.82, 2.24) is 5.32 Å². The van der Waals surface area contributed by atoms with Crippen LogP contribution in [0.5, 0.6) is 0 Å². The minimum absolute atomic E-state index is 0.00738. The van der Waals surface area contributed by atoms with Crippen LogP contribution in [-0.2, 0) is 14.6 Å². The zero-order valence-corrected chi connectivity index (χ0v) is 11.8. The third-order valence-corrected chi connectivity index (χ3v) is 3.73. The van der Waals surface area contributed by atoms with E-state index in [1.807, 2.05) is 0 Å². The largest absolute Gasteiger partial charge is 0.479 e. The van der Waals surface area contributed by atoms with Gasteiger partial charge < -0.3 is 15.5 Å². The molecule has 1 rings (SSSR count). The number of rotatable bonds is 5. The molecule has 0 radical (unpaired) electrons. The van der Waals surface area contributed by atoms with Crippen molar-refractivity contribution in [3.63, 3.8) is 0 Å². The Hall–Kier alpha value is -1.93. The van der Waals surface area contributed by atoms with Crippen LogP contribution in [0.25, 0.3) is 0 Å². The van der Waals surface area contributed by atoms with E-state index in [4.69, 9.17) is 10.2 Å². The third kappa shape index (κ3) is 4.04. The van der Waals surface area contributed by atoms with E-state index in [0.717, 1.165) is 6.26 Å². The standard InChI is InChI=1S/C12H15NO6S/c1-7-3-4-8(20(2,18)19)5-9(7)11(15)13-6-10(14)12(16)17/h3-5,10,14H,6H2,1-2H3,(H,13,15)(H,16,17). The summed E-state index contributed by atoms with van der Waals surface area (Å²) in [7, 11) is -3.44. The Balaban J connectivity index is 2.96. The summed E-state index contributed by atoms with van der Waals surface area (Å²) in [6, 6.07) is 4.08. The summed E-state index contributed by atoms with van der Waals surface area (Å²) in [5, 5.41) is 19.8. The molecule has 0 bridgehead atoms. The number of amides is 1. The molecule has 0 aliphatic rings. The molecule has 20 heavy (non-hydrogen) atoms. The Labute approximate surface area is 116 Å². The number of carbonyl (C=O) groups is 2. The highest BCUT2D eigenvalue weighted by Gasteiger charge is 2.17. The van der Waals surface area contributed by atoms with Crippen LogP contribution >= 0.6 is 0 Å². The van der Waals surface area contributed by atoms with Gasteiger partial charge in [-0.2, -0.15) is 0 Å². The monoisotopic (exact) mass is 301 g/mol. The summed E-state index contributed by atoms with van der Waals surface area (Å²) < 4.78 is 22.8. The molecular weight excluding hydrogens is 286 g/mol. The second kappa shape index (κ2) is 6.02. The van der Waals surface area contributed by atoms with Crippen LogP contribution < -0.4 is 5.32 Å². The molecule has 1 amide bonds. The van der Waals surface area contributed by atoms with Gasteiger partial charge in [0.1, 0.15) is 0 Å². The van der Waals surface area contributed by atoms with Crippen molar-refractivity contribution >= 4 is 21.7 Å². The lowest BCUT2D eigenvalue weighted by Gasteiger charge is -2.10. The van der Waals surface area contributed by atoms with Crippen LogP contribution in [0, 0.1) is 6.92 Å². The molecule has 0 aliphatic carbocycles. The van der Waals surface area contributed by atoms with Gasteiger partial charge in [0.05, 0.1) is 11.4 Å². The molecule has 7 nitrogen and oxygen atoms in total. The Kier molecular flexibility index (Phi) is 4.85. The first-order valence-corrected chi connectivity index (χ1v) is 7.52. The molecule has 110 valence electrons. The van der Waals surface area contributed by atoms with Gasteiger partial charge in [-0.3, -0.25) is 4.79 Å². The maximum absolute atomic E-state index is 11.9. The number of sulfone groups is 1. The maximum atomic E-state index is 11.9. The van der Waals surface area contributed by atoms with Gasteiger partial charge in [0.15, 0.2) is 15.9 Å². The summed E-state index contributed by atoms with van der Waals surface area (Å²) in [5.74, 6) is -2.10. The summed E-state index contributed by atoms with van der Waals surface area (Å²) in [5.41, 5.74) is 0.658. The highest BCUT2D eigenvalue weighted by molar-refractivity contribution is 7.90. The molecule has 0 saturated carbocycles. The van der Waals surface area contributed by atoms with E-state index in [-0.39, 0.29) is 10.5 Å². The first kappa shape index (κ1) is 16.1. The number of carboxylic acid groups (broad SMARTS) is 1. The van der Waals surface area contributed by atoms with E-state index in [2.05, 4.69) is 5.32 Å². The van der Waals surface area contributed by atoms with Crippen LogP contribution in [0.15, 0.2) is 23.1 Å². The average Bonchev–Trinajstić information content (AvgIpc) is 2.34. The Bertz CT molecular complexity index is 637. The van der Waals surface area contributed by atoms with E-state index in [1.165, 1.54) is 18.2 Å². The molecule has 1 atom stereocenters. The number of nitrogens with one attached hydrogen (secondary N) is 1. The molecule has 0 aromatic heterocycles. The number of carbonyl (C=O) groups excluding carboxylic acids is 1. The van der Waals surface area contributed by atoms with Gasteiger partial charge >= 0.3 is 5.97 Å². The fourth-order valence-electron chi connectivity index (χ4n) is 1.45. The van der Waals surface area contributed by atoms with Crippen LogP contribution in [0.2, 0.25) is 0 Å². The number of aliphatic carboxylic acids is 1. The van der Waals surface area contributed by atoms with Gasteiger partial charge in [-0.1, -0.05) is 6.07 Å². The van der Waals surface area contributed by atoms with E-state index in [0.29, 0.717) is 5.56 Å². The topological polar surface area (TPSA) is 121 Å². The fourth-order valence-corrected chi connectivity index (χ4v) is 2.10. The van der Waals surface area contributed by atoms with Crippen molar-refractivity contribution in [3.05, 3.63) is 29.3 Å². The molecule has 1 aromatic rings. The van der Waals surface area contributed by atoms with Crippen molar-refractivity contribution < 1.29 is 28.2 Å². The number of aliphatic hydroxyl groups excluding tert-OH is 1. The molecule has 3 N–H and O–H groups in total. The molecule has 1 unspecified atom stereocenters. The van der Waals surface area contributed by atoms with Crippen LogP contribution in [0.1, 0.15) is 15.9 Å². The zero-order valence-electron chi connectivity index (χ0n) is 11.0. The smallest absolute Gasteiger partial charge is 0.334 e. The maximum Gasteiger partial charge on any atom is 0.334 e. The van der Waals surface area contributed by atoms with Crippen LogP contribution in [0.3, 0.4) is 0 Å². The summed E-state index contributed by atoms with van der Waals surface area (Å²) >= 11 is 0. The normalized spacial score (nSPS) is 12.8. The van der Waals surface area contributed by atoms with E-state index in [1.54, 1.807) is 6.92 Å². The zero-order chi connectivity index (χ0) is 15.5. The molecule has 0 saturated heterocycles.